The van der Waals surface area contributed by atoms with E-state index in [-0.39, 0.29) is 11.3 Å². The molecule has 1 N–H and O–H groups in total. The van der Waals surface area contributed by atoms with Gasteiger partial charge >= 0.3 is 11.7 Å². The molecule has 0 aliphatic heterocycles. The number of aromatic nitrogens is 3. The van der Waals surface area contributed by atoms with Gasteiger partial charge in [-0.05, 0) is 44.2 Å². The Morgan fingerprint density at radius 2 is 2.07 bits per heavy atom. The third-order valence-corrected chi connectivity index (χ3v) is 4.11. The van der Waals surface area contributed by atoms with Crippen LogP contribution >= 0.6 is 0 Å². The van der Waals surface area contributed by atoms with Crippen LogP contribution in [0.5, 0.6) is 0 Å². The zero-order chi connectivity index (χ0) is 21.1. The van der Waals surface area contributed by atoms with Gasteiger partial charge in [-0.1, -0.05) is 5.21 Å². The number of anilines is 1. The van der Waals surface area contributed by atoms with Crippen LogP contribution in [0.1, 0.15) is 24.2 Å². The van der Waals surface area contributed by atoms with Gasteiger partial charge in [0.05, 0.1) is 16.0 Å². The zero-order valence-corrected chi connectivity index (χ0v) is 15.5. The van der Waals surface area contributed by atoms with Crippen molar-refractivity contribution < 1.29 is 23.6 Å². The molecule has 2 aromatic carbocycles. The molecule has 150 valence electrons. The Balaban J connectivity index is 1.68. The van der Waals surface area contributed by atoms with Gasteiger partial charge in [0.25, 0.3) is 5.91 Å². The molecule has 10 nitrogen and oxygen atoms in total. The van der Waals surface area contributed by atoms with Gasteiger partial charge < -0.3 is 10.1 Å². The van der Waals surface area contributed by atoms with Gasteiger partial charge in [0, 0.05) is 18.3 Å². The van der Waals surface area contributed by atoms with Crippen molar-refractivity contribution in [3.63, 3.8) is 0 Å². The topological polar surface area (TPSA) is 129 Å². The van der Waals surface area contributed by atoms with Gasteiger partial charge in [-0.15, -0.1) is 5.10 Å². The number of fused-ring (bicyclic) bond motifs is 1. The van der Waals surface area contributed by atoms with E-state index in [1.807, 2.05) is 6.92 Å². The maximum atomic E-state index is 13.4. The van der Waals surface area contributed by atoms with Crippen molar-refractivity contribution >= 4 is 34.3 Å². The number of nitro benzene ring substituents is 1. The number of aryl methyl sites for hydroxylation is 1. The molecule has 0 spiro atoms. The minimum atomic E-state index is -1.20. The molecular formula is C18H16FN5O5. The van der Waals surface area contributed by atoms with E-state index in [4.69, 9.17) is 4.74 Å². The molecule has 11 heteroatoms. The standard InChI is InChI=1S/C18H16FN5O5/c1-3-23-15-7-4-11(8-14(15)21-22-23)18(26)29-10(2)17(25)20-12-5-6-13(19)16(9-12)24(27)28/h4-10H,3H2,1-2H3,(H,20,25)/t10-/m0/s1. The van der Waals surface area contributed by atoms with Crippen LogP contribution in [-0.4, -0.2) is 37.9 Å². The first-order valence-corrected chi connectivity index (χ1v) is 8.59. The molecule has 0 unspecified atom stereocenters. The number of hydrogen-bond acceptors (Lipinski definition) is 7. The first kappa shape index (κ1) is 19.9. The monoisotopic (exact) mass is 401 g/mol. The van der Waals surface area contributed by atoms with Crippen LogP contribution in [0, 0.1) is 15.9 Å². The second-order valence-electron chi connectivity index (χ2n) is 6.07. The average molecular weight is 401 g/mol. The molecule has 1 heterocycles. The lowest BCUT2D eigenvalue weighted by Gasteiger charge is -2.13. The summed E-state index contributed by atoms with van der Waals surface area (Å²) in [7, 11) is 0. The summed E-state index contributed by atoms with van der Waals surface area (Å²) in [5, 5.41) is 21.1. The molecule has 3 aromatic rings. The number of carbonyl (C=O) groups excluding carboxylic acids is 2. The number of nitrogens with zero attached hydrogens (tertiary/aromatic N) is 4. The molecule has 0 saturated carbocycles. The SMILES string of the molecule is CCn1nnc2cc(C(=O)O[C@@H](C)C(=O)Nc3ccc(F)c([N+](=O)[O-])c3)ccc21. The van der Waals surface area contributed by atoms with Crippen LogP contribution in [0.15, 0.2) is 36.4 Å². The molecule has 29 heavy (non-hydrogen) atoms. The van der Waals surface area contributed by atoms with Crippen molar-refractivity contribution in [1.82, 2.24) is 15.0 Å². The summed E-state index contributed by atoms with van der Waals surface area (Å²) in [6.07, 6.45) is -1.20. The minimum absolute atomic E-state index is 0.00333. The van der Waals surface area contributed by atoms with Crippen molar-refractivity contribution in [2.24, 2.45) is 0 Å². The van der Waals surface area contributed by atoms with Gasteiger partial charge in [-0.3, -0.25) is 14.9 Å². The largest absolute Gasteiger partial charge is 0.449 e. The Morgan fingerprint density at radius 1 is 1.31 bits per heavy atom. The van der Waals surface area contributed by atoms with Gasteiger partial charge in [-0.25, -0.2) is 9.48 Å². The number of hydrogen-bond donors (Lipinski definition) is 1. The molecule has 0 aliphatic rings. The zero-order valence-electron chi connectivity index (χ0n) is 15.5. The Morgan fingerprint density at radius 3 is 2.76 bits per heavy atom. The van der Waals surface area contributed by atoms with Crippen LogP contribution in [0.2, 0.25) is 0 Å². The van der Waals surface area contributed by atoms with Crippen molar-refractivity contribution in [1.29, 1.82) is 0 Å². The van der Waals surface area contributed by atoms with Gasteiger partial charge in [0.2, 0.25) is 5.82 Å². The van der Waals surface area contributed by atoms with E-state index < -0.39 is 34.4 Å². The second-order valence-corrected chi connectivity index (χ2v) is 6.07. The van der Waals surface area contributed by atoms with Crippen molar-refractivity contribution in [3.05, 3.63) is 57.9 Å². The lowest BCUT2D eigenvalue weighted by atomic mass is 10.2. The van der Waals surface area contributed by atoms with E-state index in [1.165, 1.54) is 25.1 Å². The third kappa shape index (κ3) is 4.18. The molecule has 1 atom stereocenters. The molecule has 3 rings (SSSR count). The maximum absolute atomic E-state index is 13.4. The average Bonchev–Trinajstić information content (AvgIpc) is 3.11. The number of nitrogens with one attached hydrogen (secondary N) is 1. The number of rotatable bonds is 6. The van der Waals surface area contributed by atoms with E-state index in [0.717, 1.165) is 17.6 Å². The fraction of sp³-hybridized carbons (Fsp3) is 0.222. The summed E-state index contributed by atoms with van der Waals surface area (Å²) in [6, 6.07) is 7.63. The summed E-state index contributed by atoms with van der Waals surface area (Å²) in [5.41, 5.74) is 0.687. The number of halogens is 1. The summed E-state index contributed by atoms with van der Waals surface area (Å²) >= 11 is 0. The van der Waals surface area contributed by atoms with Gasteiger partial charge in [0.15, 0.2) is 6.10 Å². The molecule has 1 aromatic heterocycles. The second kappa shape index (κ2) is 8.00. The highest BCUT2D eigenvalue weighted by Gasteiger charge is 2.21. The Bertz CT molecular complexity index is 1110. The van der Waals surface area contributed by atoms with Crippen molar-refractivity contribution in [2.75, 3.05) is 5.32 Å². The van der Waals surface area contributed by atoms with Crippen LogP contribution in [0.3, 0.4) is 0 Å². The molecule has 1 amide bonds. The molecule has 0 bridgehead atoms. The smallest absolute Gasteiger partial charge is 0.338 e. The fourth-order valence-corrected chi connectivity index (χ4v) is 2.59. The molecular weight excluding hydrogens is 385 g/mol. The van der Waals surface area contributed by atoms with Crippen LogP contribution in [0.25, 0.3) is 11.0 Å². The highest BCUT2D eigenvalue weighted by molar-refractivity contribution is 5.98. The Hall–Kier alpha value is -3.89. The van der Waals surface area contributed by atoms with Crippen molar-refractivity contribution in [2.45, 2.75) is 26.5 Å². The molecule has 0 saturated heterocycles. The number of amides is 1. The minimum Gasteiger partial charge on any atom is -0.449 e. The van der Waals surface area contributed by atoms with E-state index in [9.17, 15) is 24.1 Å². The molecule has 0 radical (unpaired) electrons. The first-order valence-electron chi connectivity index (χ1n) is 8.59. The van der Waals surface area contributed by atoms with E-state index >= 15 is 0 Å². The number of benzene rings is 2. The fourth-order valence-electron chi connectivity index (χ4n) is 2.59. The van der Waals surface area contributed by atoms with Crippen LogP contribution in [-0.2, 0) is 16.1 Å². The van der Waals surface area contributed by atoms with Gasteiger partial charge in [0.1, 0.15) is 5.52 Å². The highest BCUT2D eigenvalue weighted by atomic mass is 19.1. The number of carbonyl (C=O) groups is 2. The van der Waals surface area contributed by atoms with Gasteiger partial charge in [-0.2, -0.15) is 4.39 Å². The lowest BCUT2D eigenvalue weighted by molar-refractivity contribution is -0.387. The lowest BCUT2D eigenvalue weighted by Crippen LogP contribution is -2.30. The van der Waals surface area contributed by atoms with E-state index in [1.54, 1.807) is 10.7 Å². The van der Waals surface area contributed by atoms with Crippen LogP contribution < -0.4 is 5.32 Å². The maximum Gasteiger partial charge on any atom is 0.338 e. The summed E-state index contributed by atoms with van der Waals surface area (Å²) in [5.74, 6) is -2.49. The van der Waals surface area contributed by atoms with Crippen molar-refractivity contribution in [3.8, 4) is 0 Å². The predicted molar refractivity (Wildman–Crippen MR) is 99.8 cm³/mol. The van der Waals surface area contributed by atoms with E-state index in [0.29, 0.717) is 12.1 Å². The Labute approximate surface area is 163 Å². The first-order chi connectivity index (χ1) is 13.8. The molecule has 0 aliphatic carbocycles. The number of nitro groups is 1. The quantitative estimate of drug-likeness (QED) is 0.382. The highest BCUT2D eigenvalue weighted by Crippen LogP contribution is 2.22. The normalized spacial score (nSPS) is 11.8. The van der Waals surface area contributed by atoms with E-state index in [2.05, 4.69) is 15.6 Å². The predicted octanol–water partition coefficient (Wildman–Crippen LogP) is 2.68. The van der Waals surface area contributed by atoms with Crippen LogP contribution in [0.4, 0.5) is 15.8 Å². The third-order valence-electron chi connectivity index (χ3n) is 4.11. The summed E-state index contributed by atoms with van der Waals surface area (Å²) in [6.45, 7) is 3.88. The summed E-state index contributed by atoms with van der Waals surface area (Å²) in [4.78, 5) is 34.4. The Kier molecular flexibility index (Phi) is 5.48. The molecule has 0 fully saturated rings. The number of esters is 1. The summed E-state index contributed by atoms with van der Waals surface area (Å²) < 4.78 is 20.2. The number of ether oxygens (including phenoxy) is 1.